The van der Waals surface area contributed by atoms with Crippen molar-refractivity contribution in [2.24, 2.45) is 0 Å². The van der Waals surface area contributed by atoms with Crippen LogP contribution in [0.2, 0.25) is 0 Å². The van der Waals surface area contributed by atoms with Crippen LogP contribution in [0.25, 0.3) is 0 Å². The Morgan fingerprint density at radius 2 is 1.90 bits per heavy atom. The zero-order valence-electron chi connectivity index (χ0n) is 13.1. The molecular formula is C17H26O4. The van der Waals surface area contributed by atoms with Gasteiger partial charge in [0, 0.05) is 0 Å². The SMILES string of the molecule is CCCCCCCC(O)c1c(OC)ccc2c1OCCO2. The first kappa shape index (κ1) is 16.0. The molecule has 1 N–H and O–H groups in total. The van der Waals surface area contributed by atoms with E-state index >= 15 is 0 Å². The maximum Gasteiger partial charge on any atom is 0.170 e. The van der Waals surface area contributed by atoms with E-state index < -0.39 is 6.10 Å². The molecule has 0 aromatic heterocycles. The van der Waals surface area contributed by atoms with Gasteiger partial charge in [0.15, 0.2) is 11.5 Å². The fourth-order valence-corrected chi connectivity index (χ4v) is 2.70. The van der Waals surface area contributed by atoms with Crippen molar-refractivity contribution in [3.05, 3.63) is 17.7 Å². The van der Waals surface area contributed by atoms with E-state index in [1.807, 2.05) is 12.1 Å². The van der Waals surface area contributed by atoms with E-state index in [1.54, 1.807) is 7.11 Å². The summed E-state index contributed by atoms with van der Waals surface area (Å²) in [7, 11) is 1.61. The van der Waals surface area contributed by atoms with Crippen LogP contribution in [-0.4, -0.2) is 25.4 Å². The molecule has 0 amide bonds. The van der Waals surface area contributed by atoms with Crippen LogP contribution in [0.4, 0.5) is 0 Å². The summed E-state index contributed by atoms with van der Waals surface area (Å²) in [5.74, 6) is 2.00. The van der Waals surface area contributed by atoms with E-state index in [0.29, 0.717) is 30.5 Å². The van der Waals surface area contributed by atoms with Gasteiger partial charge in [-0.1, -0.05) is 39.0 Å². The molecule has 0 bridgehead atoms. The highest BCUT2D eigenvalue weighted by Crippen LogP contribution is 2.43. The van der Waals surface area contributed by atoms with E-state index in [1.165, 1.54) is 19.3 Å². The molecule has 0 radical (unpaired) electrons. The molecule has 21 heavy (non-hydrogen) atoms. The number of benzene rings is 1. The molecule has 1 aliphatic heterocycles. The maximum atomic E-state index is 10.5. The third kappa shape index (κ3) is 4.03. The molecule has 4 nitrogen and oxygen atoms in total. The summed E-state index contributed by atoms with van der Waals surface area (Å²) in [6.07, 6.45) is 6.03. The van der Waals surface area contributed by atoms with E-state index in [0.717, 1.165) is 24.8 Å². The van der Waals surface area contributed by atoms with Crippen LogP contribution in [0.15, 0.2) is 12.1 Å². The fraction of sp³-hybridized carbons (Fsp3) is 0.647. The first-order chi connectivity index (χ1) is 10.3. The second-order valence-corrected chi connectivity index (χ2v) is 5.42. The van der Waals surface area contributed by atoms with Crippen molar-refractivity contribution < 1.29 is 19.3 Å². The zero-order valence-corrected chi connectivity index (χ0v) is 13.1. The van der Waals surface area contributed by atoms with Gasteiger partial charge in [-0.05, 0) is 18.6 Å². The minimum atomic E-state index is -0.571. The van der Waals surface area contributed by atoms with Gasteiger partial charge in [-0.2, -0.15) is 0 Å². The van der Waals surface area contributed by atoms with Gasteiger partial charge < -0.3 is 19.3 Å². The smallest absolute Gasteiger partial charge is 0.170 e. The molecule has 2 rings (SSSR count). The molecule has 1 aromatic carbocycles. The Hall–Kier alpha value is -1.42. The molecule has 0 aliphatic carbocycles. The minimum Gasteiger partial charge on any atom is -0.496 e. The number of unbranched alkanes of at least 4 members (excludes halogenated alkanes) is 4. The Morgan fingerprint density at radius 1 is 1.14 bits per heavy atom. The highest BCUT2D eigenvalue weighted by atomic mass is 16.6. The van der Waals surface area contributed by atoms with Gasteiger partial charge >= 0.3 is 0 Å². The molecular weight excluding hydrogens is 268 g/mol. The van der Waals surface area contributed by atoms with Crippen LogP contribution in [-0.2, 0) is 0 Å². The largest absolute Gasteiger partial charge is 0.496 e. The summed E-state index contributed by atoms with van der Waals surface area (Å²) in [6, 6.07) is 3.67. The van der Waals surface area contributed by atoms with Crippen molar-refractivity contribution in [1.29, 1.82) is 0 Å². The lowest BCUT2D eigenvalue weighted by Gasteiger charge is -2.25. The van der Waals surface area contributed by atoms with E-state index in [4.69, 9.17) is 14.2 Å². The Morgan fingerprint density at radius 3 is 2.67 bits per heavy atom. The maximum absolute atomic E-state index is 10.5. The number of hydrogen-bond donors (Lipinski definition) is 1. The van der Waals surface area contributed by atoms with Crippen molar-refractivity contribution in [3.63, 3.8) is 0 Å². The molecule has 1 unspecified atom stereocenters. The molecule has 0 fully saturated rings. The number of hydrogen-bond acceptors (Lipinski definition) is 4. The average Bonchev–Trinajstić information content (AvgIpc) is 2.53. The van der Waals surface area contributed by atoms with Gasteiger partial charge in [-0.25, -0.2) is 0 Å². The molecule has 0 spiro atoms. The molecule has 1 aromatic rings. The third-order valence-electron chi connectivity index (χ3n) is 3.84. The van der Waals surface area contributed by atoms with Crippen molar-refractivity contribution in [1.82, 2.24) is 0 Å². The first-order valence-electron chi connectivity index (χ1n) is 7.92. The summed E-state index contributed by atoms with van der Waals surface area (Å²) >= 11 is 0. The monoisotopic (exact) mass is 294 g/mol. The lowest BCUT2D eigenvalue weighted by Crippen LogP contribution is -2.18. The summed E-state index contributed by atoms with van der Waals surface area (Å²) < 4.78 is 16.7. The molecule has 1 atom stereocenters. The van der Waals surface area contributed by atoms with Crippen LogP contribution in [0.1, 0.15) is 57.1 Å². The predicted molar refractivity (Wildman–Crippen MR) is 82.3 cm³/mol. The Bertz CT molecular complexity index is 445. The Kier molecular flexibility index (Phi) is 6.18. The number of rotatable bonds is 8. The molecule has 1 heterocycles. The van der Waals surface area contributed by atoms with Crippen molar-refractivity contribution in [2.75, 3.05) is 20.3 Å². The normalized spacial score (nSPS) is 14.8. The highest BCUT2D eigenvalue weighted by Gasteiger charge is 2.24. The van der Waals surface area contributed by atoms with Gasteiger partial charge in [0.25, 0.3) is 0 Å². The summed E-state index contributed by atoms with van der Waals surface area (Å²) in [5.41, 5.74) is 0.727. The summed E-state index contributed by atoms with van der Waals surface area (Å²) in [5, 5.41) is 10.5. The summed E-state index contributed by atoms with van der Waals surface area (Å²) in [4.78, 5) is 0. The quantitative estimate of drug-likeness (QED) is 0.740. The highest BCUT2D eigenvalue weighted by molar-refractivity contribution is 5.55. The van der Waals surface area contributed by atoms with E-state index in [2.05, 4.69) is 6.92 Å². The number of aliphatic hydroxyl groups excluding tert-OH is 1. The number of ether oxygens (including phenoxy) is 3. The van der Waals surface area contributed by atoms with Crippen LogP contribution < -0.4 is 14.2 Å². The zero-order chi connectivity index (χ0) is 15.1. The first-order valence-corrected chi connectivity index (χ1v) is 7.92. The topological polar surface area (TPSA) is 47.9 Å². The van der Waals surface area contributed by atoms with Gasteiger partial charge in [0.1, 0.15) is 19.0 Å². The molecule has 118 valence electrons. The predicted octanol–water partition coefficient (Wildman–Crippen LogP) is 3.86. The minimum absolute atomic E-state index is 0.510. The molecule has 4 heteroatoms. The van der Waals surface area contributed by atoms with Crippen molar-refractivity contribution in [2.45, 2.75) is 51.6 Å². The van der Waals surface area contributed by atoms with Crippen LogP contribution in [0.5, 0.6) is 17.2 Å². The van der Waals surface area contributed by atoms with Crippen molar-refractivity contribution in [3.8, 4) is 17.2 Å². The lowest BCUT2D eigenvalue weighted by molar-refractivity contribution is 0.135. The second-order valence-electron chi connectivity index (χ2n) is 5.42. The van der Waals surface area contributed by atoms with Crippen LogP contribution in [0, 0.1) is 0 Å². The van der Waals surface area contributed by atoms with Crippen LogP contribution in [0.3, 0.4) is 0 Å². The number of aliphatic hydroxyl groups is 1. The fourth-order valence-electron chi connectivity index (χ4n) is 2.70. The van der Waals surface area contributed by atoms with E-state index in [9.17, 15) is 5.11 Å². The Labute approximate surface area is 127 Å². The average molecular weight is 294 g/mol. The van der Waals surface area contributed by atoms with Gasteiger partial charge in [0.2, 0.25) is 0 Å². The molecule has 1 aliphatic rings. The van der Waals surface area contributed by atoms with Crippen LogP contribution >= 0.6 is 0 Å². The standard InChI is InChI=1S/C17H26O4/c1-3-4-5-6-7-8-13(18)16-14(19-2)9-10-15-17(16)21-12-11-20-15/h9-10,13,18H,3-8,11-12H2,1-2H3. The lowest BCUT2D eigenvalue weighted by atomic mass is 9.99. The second kappa shape index (κ2) is 8.13. The molecule has 0 saturated heterocycles. The van der Waals surface area contributed by atoms with E-state index in [-0.39, 0.29) is 0 Å². The van der Waals surface area contributed by atoms with Gasteiger partial charge in [0.05, 0.1) is 18.8 Å². The summed E-state index contributed by atoms with van der Waals surface area (Å²) in [6.45, 7) is 3.26. The third-order valence-corrected chi connectivity index (χ3v) is 3.84. The molecule has 0 saturated carbocycles. The number of methoxy groups -OCH3 is 1. The van der Waals surface area contributed by atoms with Crippen molar-refractivity contribution >= 4 is 0 Å². The van der Waals surface area contributed by atoms with Gasteiger partial charge in [-0.3, -0.25) is 0 Å². The van der Waals surface area contributed by atoms with Gasteiger partial charge in [-0.15, -0.1) is 0 Å². The Balaban J connectivity index is 2.06. The number of fused-ring (bicyclic) bond motifs is 1.